The van der Waals surface area contributed by atoms with Gasteiger partial charge in [-0.3, -0.25) is 0 Å². The van der Waals surface area contributed by atoms with Gasteiger partial charge in [0, 0.05) is 6.54 Å². The number of sulfonamides is 1. The largest absolute Gasteiger partial charge is 0.398 e. The van der Waals surface area contributed by atoms with Crippen LogP contribution in [0.4, 0.5) is 10.1 Å². The molecule has 1 aromatic carbocycles. The molecule has 0 aliphatic rings. The molecule has 0 saturated carbocycles. The highest BCUT2D eigenvalue weighted by Gasteiger charge is 2.19. The van der Waals surface area contributed by atoms with Gasteiger partial charge in [-0.2, -0.15) is 0 Å². The number of anilines is 1. The van der Waals surface area contributed by atoms with Crippen LogP contribution in [0.2, 0.25) is 0 Å². The Balaban J connectivity index is 2.80. The molecule has 0 radical (unpaired) electrons. The first-order chi connectivity index (χ1) is 8.74. The molecule has 0 unspecified atom stereocenters. The normalized spacial score (nSPS) is 12.1. The molecule has 1 rings (SSSR count). The molecule has 0 aromatic heterocycles. The fourth-order valence-electron chi connectivity index (χ4n) is 1.33. The highest BCUT2D eigenvalue weighted by atomic mass is 79.9. The molecular formula is C11H16BrFN2O3S. The summed E-state index contributed by atoms with van der Waals surface area (Å²) in [5.74, 6) is -0.611. The SMILES string of the molecule is CC(C)OCCNS(=O)(=O)c1cc(Br)c(F)cc1N. The molecule has 0 aliphatic heterocycles. The number of hydrogen-bond acceptors (Lipinski definition) is 4. The van der Waals surface area contributed by atoms with Gasteiger partial charge < -0.3 is 10.5 Å². The summed E-state index contributed by atoms with van der Waals surface area (Å²) in [7, 11) is -3.78. The van der Waals surface area contributed by atoms with E-state index < -0.39 is 15.8 Å². The first-order valence-electron chi connectivity index (χ1n) is 5.60. The van der Waals surface area contributed by atoms with E-state index in [1.165, 1.54) is 0 Å². The van der Waals surface area contributed by atoms with E-state index in [0.29, 0.717) is 0 Å². The molecule has 108 valence electrons. The zero-order chi connectivity index (χ0) is 14.6. The molecule has 1 aromatic rings. The van der Waals surface area contributed by atoms with Gasteiger partial charge in [0.05, 0.1) is 22.9 Å². The van der Waals surface area contributed by atoms with E-state index in [1.807, 2.05) is 13.8 Å². The van der Waals surface area contributed by atoms with Crippen LogP contribution in [0.25, 0.3) is 0 Å². The Morgan fingerprint density at radius 2 is 2.11 bits per heavy atom. The maximum Gasteiger partial charge on any atom is 0.242 e. The summed E-state index contributed by atoms with van der Waals surface area (Å²) in [6.07, 6.45) is 0.0227. The topological polar surface area (TPSA) is 81.4 Å². The summed E-state index contributed by atoms with van der Waals surface area (Å²) in [5, 5.41) is 0. The van der Waals surface area contributed by atoms with Crippen LogP contribution in [-0.4, -0.2) is 27.7 Å². The predicted molar refractivity (Wildman–Crippen MR) is 74.8 cm³/mol. The number of nitrogens with one attached hydrogen (secondary N) is 1. The van der Waals surface area contributed by atoms with Gasteiger partial charge in [-0.15, -0.1) is 0 Å². The first kappa shape index (κ1) is 16.4. The van der Waals surface area contributed by atoms with E-state index in [2.05, 4.69) is 20.7 Å². The molecule has 8 heteroatoms. The second-order valence-electron chi connectivity index (χ2n) is 4.12. The quantitative estimate of drug-likeness (QED) is 0.603. The zero-order valence-corrected chi connectivity index (χ0v) is 13.0. The average molecular weight is 355 g/mol. The zero-order valence-electron chi connectivity index (χ0n) is 10.6. The van der Waals surface area contributed by atoms with Crippen molar-refractivity contribution in [3.05, 3.63) is 22.4 Å². The van der Waals surface area contributed by atoms with Gasteiger partial charge >= 0.3 is 0 Å². The smallest absolute Gasteiger partial charge is 0.242 e. The van der Waals surface area contributed by atoms with Crippen LogP contribution in [0.5, 0.6) is 0 Å². The van der Waals surface area contributed by atoms with Crippen molar-refractivity contribution in [2.24, 2.45) is 0 Å². The fourth-order valence-corrected chi connectivity index (χ4v) is 2.97. The van der Waals surface area contributed by atoms with Crippen molar-refractivity contribution in [2.75, 3.05) is 18.9 Å². The molecule has 0 bridgehead atoms. The van der Waals surface area contributed by atoms with Crippen LogP contribution in [0.3, 0.4) is 0 Å². The minimum Gasteiger partial charge on any atom is -0.398 e. The van der Waals surface area contributed by atoms with E-state index in [4.69, 9.17) is 10.5 Å². The average Bonchev–Trinajstić information content (AvgIpc) is 2.29. The lowest BCUT2D eigenvalue weighted by atomic mass is 10.3. The Hall–Kier alpha value is -0.700. The van der Waals surface area contributed by atoms with Crippen molar-refractivity contribution in [3.8, 4) is 0 Å². The molecule has 0 fully saturated rings. The number of nitrogen functional groups attached to an aromatic ring is 1. The molecule has 0 spiro atoms. The van der Waals surface area contributed by atoms with E-state index >= 15 is 0 Å². The summed E-state index contributed by atoms with van der Waals surface area (Å²) in [6, 6.07) is 2.10. The van der Waals surface area contributed by atoms with Gasteiger partial charge in [0.15, 0.2) is 0 Å². The van der Waals surface area contributed by atoms with Gasteiger partial charge in [0.1, 0.15) is 10.7 Å². The van der Waals surface area contributed by atoms with Crippen LogP contribution in [0.1, 0.15) is 13.8 Å². The van der Waals surface area contributed by atoms with Crippen molar-refractivity contribution >= 4 is 31.6 Å². The van der Waals surface area contributed by atoms with Crippen molar-refractivity contribution in [2.45, 2.75) is 24.8 Å². The second kappa shape index (κ2) is 6.65. The van der Waals surface area contributed by atoms with Gasteiger partial charge in [-0.1, -0.05) is 0 Å². The molecule has 0 atom stereocenters. The predicted octanol–water partition coefficient (Wildman–Crippen LogP) is 1.87. The van der Waals surface area contributed by atoms with Gasteiger partial charge in [-0.25, -0.2) is 17.5 Å². The Labute approximate surface area is 120 Å². The van der Waals surface area contributed by atoms with Crippen LogP contribution in [-0.2, 0) is 14.8 Å². The summed E-state index contributed by atoms with van der Waals surface area (Å²) < 4.78 is 44.7. The number of ether oxygens (including phenoxy) is 1. The maximum absolute atomic E-state index is 13.2. The third-order valence-corrected chi connectivity index (χ3v) is 4.31. The standard InChI is InChI=1S/C11H16BrFN2O3S/c1-7(2)18-4-3-15-19(16,17)11-5-8(12)9(13)6-10(11)14/h5-7,15H,3-4,14H2,1-2H3. The second-order valence-corrected chi connectivity index (χ2v) is 6.71. The molecule has 0 amide bonds. The number of benzene rings is 1. The van der Waals surface area contributed by atoms with Crippen LogP contribution in [0, 0.1) is 5.82 Å². The lowest BCUT2D eigenvalue weighted by molar-refractivity contribution is 0.0834. The van der Waals surface area contributed by atoms with E-state index in [9.17, 15) is 12.8 Å². The Kier molecular flexibility index (Phi) is 5.72. The van der Waals surface area contributed by atoms with Gasteiger partial charge in [0.2, 0.25) is 10.0 Å². The number of hydrogen-bond donors (Lipinski definition) is 2. The molecular weight excluding hydrogens is 339 g/mol. The molecule has 3 N–H and O–H groups in total. The van der Waals surface area contributed by atoms with Crippen LogP contribution >= 0.6 is 15.9 Å². The third-order valence-electron chi connectivity index (χ3n) is 2.19. The van der Waals surface area contributed by atoms with Crippen molar-refractivity contribution in [1.29, 1.82) is 0 Å². The Bertz CT molecular complexity index is 549. The van der Waals surface area contributed by atoms with E-state index in [1.54, 1.807) is 0 Å². The Morgan fingerprint density at radius 3 is 2.68 bits per heavy atom. The van der Waals surface area contributed by atoms with Crippen molar-refractivity contribution in [3.63, 3.8) is 0 Å². The van der Waals surface area contributed by atoms with E-state index in [0.717, 1.165) is 12.1 Å². The highest BCUT2D eigenvalue weighted by molar-refractivity contribution is 9.10. The number of rotatable bonds is 6. The van der Waals surface area contributed by atoms with E-state index in [-0.39, 0.29) is 34.3 Å². The number of nitrogens with two attached hydrogens (primary N) is 1. The fraction of sp³-hybridized carbons (Fsp3) is 0.455. The van der Waals surface area contributed by atoms with Crippen LogP contribution in [0.15, 0.2) is 21.5 Å². The summed E-state index contributed by atoms with van der Waals surface area (Å²) >= 11 is 2.93. The molecule has 0 heterocycles. The van der Waals surface area contributed by atoms with Crippen molar-refractivity contribution < 1.29 is 17.5 Å². The molecule has 19 heavy (non-hydrogen) atoms. The molecule has 5 nitrogen and oxygen atoms in total. The van der Waals surface area contributed by atoms with Crippen molar-refractivity contribution in [1.82, 2.24) is 4.72 Å². The van der Waals surface area contributed by atoms with Gasteiger partial charge in [0.25, 0.3) is 0 Å². The summed E-state index contributed by atoms with van der Waals surface area (Å²) in [6.45, 7) is 4.07. The maximum atomic E-state index is 13.2. The van der Waals surface area contributed by atoms with Gasteiger partial charge in [-0.05, 0) is 41.9 Å². The molecule has 0 saturated heterocycles. The third kappa shape index (κ3) is 4.72. The summed E-state index contributed by atoms with van der Waals surface area (Å²) in [5.41, 5.74) is 5.38. The minimum absolute atomic E-state index is 0.0227. The first-order valence-corrected chi connectivity index (χ1v) is 7.87. The lowest BCUT2D eigenvalue weighted by Gasteiger charge is -2.11. The number of halogens is 2. The highest BCUT2D eigenvalue weighted by Crippen LogP contribution is 2.25. The Morgan fingerprint density at radius 1 is 1.47 bits per heavy atom. The lowest BCUT2D eigenvalue weighted by Crippen LogP contribution is -2.29. The van der Waals surface area contributed by atoms with Crippen LogP contribution < -0.4 is 10.5 Å². The minimum atomic E-state index is -3.78. The molecule has 0 aliphatic carbocycles. The monoisotopic (exact) mass is 354 g/mol. The summed E-state index contributed by atoms with van der Waals surface area (Å²) in [4.78, 5) is -0.162.